The lowest BCUT2D eigenvalue weighted by molar-refractivity contribution is -0.138. The molecular weight excluding hydrogens is 291 g/mol. The molecule has 0 aliphatic heterocycles. The van der Waals surface area contributed by atoms with E-state index in [9.17, 15) is 22.8 Å². The van der Waals surface area contributed by atoms with Crippen LogP contribution in [0.1, 0.15) is 31.1 Å². The molecule has 0 aliphatic rings. The second-order valence-corrected chi connectivity index (χ2v) is 5.34. The van der Waals surface area contributed by atoms with E-state index in [0.717, 1.165) is 4.90 Å². The average molecular weight is 305 g/mol. The summed E-state index contributed by atoms with van der Waals surface area (Å²) < 4.78 is 39.9. The summed E-state index contributed by atoms with van der Waals surface area (Å²) in [4.78, 5) is 23.7. The third kappa shape index (κ3) is 3.45. The Morgan fingerprint density at radius 2 is 1.71 bits per heavy atom. The van der Waals surface area contributed by atoms with Crippen molar-refractivity contribution in [2.24, 2.45) is 0 Å². The van der Waals surface area contributed by atoms with E-state index in [2.05, 4.69) is 0 Å². The molecule has 1 rings (SSSR count). The lowest BCUT2D eigenvalue weighted by Gasteiger charge is -2.34. The maximum atomic E-state index is 13.7. The second kappa shape index (κ2) is 5.63. The number of aromatic hydroxyl groups is 1. The quantitative estimate of drug-likeness (QED) is 0.839. The van der Waals surface area contributed by atoms with Gasteiger partial charge in [-0.15, -0.1) is 0 Å². The van der Waals surface area contributed by atoms with Crippen LogP contribution in [0.25, 0.3) is 0 Å². The molecule has 1 amide bonds. The van der Waals surface area contributed by atoms with Crippen molar-refractivity contribution in [2.75, 3.05) is 6.54 Å². The minimum Gasteiger partial charge on any atom is -0.503 e. The molecule has 0 radical (unpaired) electrons. The first-order valence-corrected chi connectivity index (χ1v) is 5.87. The van der Waals surface area contributed by atoms with Gasteiger partial charge in [0.15, 0.2) is 17.4 Å². The van der Waals surface area contributed by atoms with E-state index in [1.54, 1.807) is 0 Å². The Kier molecular flexibility index (Phi) is 4.50. The molecule has 21 heavy (non-hydrogen) atoms. The summed E-state index contributed by atoms with van der Waals surface area (Å²) in [7, 11) is 0. The zero-order valence-electron chi connectivity index (χ0n) is 11.6. The largest absolute Gasteiger partial charge is 0.503 e. The Hall–Kier alpha value is -2.25. The van der Waals surface area contributed by atoms with Crippen LogP contribution in [0.3, 0.4) is 0 Å². The molecule has 0 saturated heterocycles. The Labute approximate surface area is 118 Å². The lowest BCUT2D eigenvalue weighted by atomic mass is 10.0. The van der Waals surface area contributed by atoms with Gasteiger partial charge in [-0.05, 0) is 26.8 Å². The van der Waals surface area contributed by atoms with Gasteiger partial charge in [-0.1, -0.05) is 0 Å². The van der Waals surface area contributed by atoms with Gasteiger partial charge in [-0.2, -0.15) is 4.39 Å². The van der Waals surface area contributed by atoms with Crippen LogP contribution in [0.2, 0.25) is 0 Å². The third-order valence-corrected chi connectivity index (χ3v) is 2.71. The minimum atomic E-state index is -1.82. The van der Waals surface area contributed by atoms with Gasteiger partial charge in [-0.25, -0.2) is 8.78 Å². The van der Waals surface area contributed by atoms with Crippen LogP contribution < -0.4 is 0 Å². The number of halogens is 3. The van der Waals surface area contributed by atoms with Crippen LogP contribution in [0, 0.1) is 17.5 Å². The molecule has 5 nitrogen and oxygen atoms in total. The molecule has 116 valence electrons. The van der Waals surface area contributed by atoms with E-state index >= 15 is 0 Å². The highest BCUT2D eigenvalue weighted by Gasteiger charge is 2.33. The number of rotatable bonds is 3. The Morgan fingerprint density at radius 3 is 2.14 bits per heavy atom. The number of phenolic OH excluding ortho intramolecular Hbond substituents is 1. The van der Waals surface area contributed by atoms with Crippen molar-refractivity contribution in [2.45, 2.75) is 26.3 Å². The molecular formula is C13H14F3NO4. The first kappa shape index (κ1) is 16.8. The van der Waals surface area contributed by atoms with Crippen molar-refractivity contribution < 1.29 is 33.0 Å². The maximum absolute atomic E-state index is 13.7. The number of benzene rings is 1. The molecule has 0 heterocycles. The molecule has 2 N–H and O–H groups in total. The number of carbonyl (C=O) groups excluding carboxylic acids is 1. The maximum Gasteiger partial charge on any atom is 0.323 e. The summed E-state index contributed by atoms with van der Waals surface area (Å²) in [5.41, 5.74) is -1.95. The van der Waals surface area contributed by atoms with Crippen LogP contribution in [0.5, 0.6) is 5.75 Å². The lowest BCUT2D eigenvalue weighted by Crippen LogP contribution is -2.48. The summed E-state index contributed by atoms with van der Waals surface area (Å²) >= 11 is 0. The smallest absolute Gasteiger partial charge is 0.323 e. The van der Waals surface area contributed by atoms with Gasteiger partial charge in [0.2, 0.25) is 5.82 Å². The monoisotopic (exact) mass is 305 g/mol. The van der Waals surface area contributed by atoms with Crippen molar-refractivity contribution in [3.8, 4) is 5.75 Å². The summed E-state index contributed by atoms with van der Waals surface area (Å²) in [5, 5.41) is 17.9. The van der Waals surface area contributed by atoms with Gasteiger partial charge in [0.1, 0.15) is 6.54 Å². The first-order chi connectivity index (χ1) is 9.46. The highest BCUT2D eigenvalue weighted by Crippen LogP contribution is 2.28. The van der Waals surface area contributed by atoms with E-state index < -0.39 is 52.7 Å². The molecule has 0 bridgehead atoms. The molecule has 0 fully saturated rings. The topological polar surface area (TPSA) is 77.8 Å². The van der Waals surface area contributed by atoms with Gasteiger partial charge < -0.3 is 15.1 Å². The molecule has 0 aliphatic carbocycles. The van der Waals surface area contributed by atoms with E-state index in [1.165, 1.54) is 20.8 Å². The van der Waals surface area contributed by atoms with Crippen LogP contribution in [-0.2, 0) is 4.79 Å². The number of carbonyl (C=O) groups is 2. The van der Waals surface area contributed by atoms with Crippen molar-refractivity contribution in [3.63, 3.8) is 0 Å². The number of amides is 1. The molecule has 0 atom stereocenters. The van der Waals surface area contributed by atoms with Crippen LogP contribution >= 0.6 is 0 Å². The molecule has 0 spiro atoms. The number of carboxylic acids is 1. The molecule has 1 aromatic carbocycles. The molecule has 0 aromatic heterocycles. The SMILES string of the molecule is CC(C)(C)N(CC(=O)O)C(=O)c1cc(F)c(F)c(O)c1F. The fraction of sp³-hybridized carbons (Fsp3) is 0.385. The summed E-state index contributed by atoms with van der Waals surface area (Å²) in [6.45, 7) is 3.71. The summed E-state index contributed by atoms with van der Waals surface area (Å²) in [6, 6.07) is 0.285. The minimum absolute atomic E-state index is 0.285. The standard InChI is InChI=1S/C13H14F3NO4/c1-13(2,3)17(5-8(18)19)12(21)6-4-7(14)10(16)11(20)9(6)15/h4,20H,5H2,1-3H3,(H,18,19). The normalized spacial score (nSPS) is 11.3. The molecule has 0 unspecified atom stereocenters. The third-order valence-electron chi connectivity index (χ3n) is 2.71. The van der Waals surface area contributed by atoms with E-state index in [4.69, 9.17) is 10.2 Å². The van der Waals surface area contributed by atoms with E-state index in [0.29, 0.717) is 0 Å². The predicted octanol–water partition coefficient (Wildman–Crippen LogP) is 2.13. The van der Waals surface area contributed by atoms with Gasteiger partial charge in [0.25, 0.3) is 5.91 Å². The first-order valence-electron chi connectivity index (χ1n) is 5.87. The fourth-order valence-electron chi connectivity index (χ4n) is 1.64. The number of phenols is 1. The highest BCUT2D eigenvalue weighted by molar-refractivity contribution is 5.97. The molecule has 1 aromatic rings. The number of nitrogens with zero attached hydrogens (tertiary/aromatic N) is 1. The number of hydrogen-bond acceptors (Lipinski definition) is 3. The van der Waals surface area contributed by atoms with Gasteiger partial charge >= 0.3 is 5.97 Å². The van der Waals surface area contributed by atoms with Crippen molar-refractivity contribution >= 4 is 11.9 Å². The van der Waals surface area contributed by atoms with Gasteiger partial charge in [0, 0.05) is 5.54 Å². The summed E-state index contributed by atoms with van der Waals surface area (Å²) in [5.74, 6) is -9.21. The number of carboxylic acid groups (broad SMARTS) is 1. The Morgan fingerprint density at radius 1 is 1.19 bits per heavy atom. The van der Waals surface area contributed by atoms with Crippen molar-refractivity contribution in [3.05, 3.63) is 29.1 Å². The van der Waals surface area contributed by atoms with Gasteiger partial charge in [-0.3, -0.25) is 9.59 Å². The number of aliphatic carboxylic acids is 1. The van der Waals surface area contributed by atoms with Crippen LogP contribution in [-0.4, -0.2) is 39.1 Å². The van der Waals surface area contributed by atoms with Crippen molar-refractivity contribution in [1.82, 2.24) is 4.90 Å². The Balaban J connectivity index is 3.37. The van der Waals surface area contributed by atoms with E-state index in [1.807, 2.05) is 0 Å². The molecule has 8 heteroatoms. The predicted molar refractivity (Wildman–Crippen MR) is 66.4 cm³/mol. The molecule has 0 saturated carbocycles. The van der Waals surface area contributed by atoms with Crippen LogP contribution in [0.15, 0.2) is 6.07 Å². The average Bonchev–Trinajstić information content (AvgIpc) is 2.35. The second-order valence-electron chi connectivity index (χ2n) is 5.34. The zero-order chi connectivity index (χ0) is 16.5. The zero-order valence-corrected chi connectivity index (χ0v) is 11.6. The summed E-state index contributed by atoms with van der Waals surface area (Å²) in [6.07, 6.45) is 0. The van der Waals surface area contributed by atoms with Crippen LogP contribution in [0.4, 0.5) is 13.2 Å². The number of hydrogen-bond donors (Lipinski definition) is 2. The fourth-order valence-corrected chi connectivity index (χ4v) is 1.64. The Bertz CT molecular complexity index is 596. The highest BCUT2D eigenvalue weighted by atomic mass is 19.2. The van der Waals surface area contributed by atoms with E-state index in [-0.39, 0.29) is 6.07 Å². The van der Waals surface area contributed by atoms with Gasteiger partial charge in [0.05, 0.1) is 5.56 Å². The van der Waals surface area contributed by atoms with Crippen molar-refractivity contribution in [1.29, 1.82) is 0 Å².